The van der Waals surface area contributed by atoms with Crippen LogP contribution in [0.5, 0.6) is 0 Å². The second-order valence-electron chi connectivity index (χ2n) is 6.10. The van der Waals surface area contributed by atoms with Crippen molar-refractivity contribution in [2.24, 2.45) is 0 Å². The normalized spacial score (nSPS) is 12.3. The number of aromatic carboxylic acids is 1. The molecule has 0 amide bonds. The number of carbonyl (C=O) groups is 1. The number of hydrogen-bond acceptors (Lipinski definition) is 2. The molecule has 4 nitrogen and oxygen atoms in total. The molecule has 0 aliphatic carbocycles. The minimum absolute atomic E-state index is 0.0918. The fraction of sp³-hybridized carbons (Fsp3) is 0.500. The molecule has 0 fully saturated rings. The molecule has 1 aromatic carbocycles. The molecule has 0 radical (unpaired) electrons. The quantitative estimate of drug-likeness (QED) is 0.916. The topological polar surface area (TPSA) is 55.1 Å². The second kappa shape index (κ2) is 4.93. The van der Waals surface area contributed by atoms with E-state index >= 15 is 0 Å². The zero-order valence-corrected chi connectivity index (χ0v) is 12.8. The van der Waals surface area contributed by atoms with Crippen LogP contribution < -0.4 is 0 Å². The van der Waals surface area contributed by atoms with E-state index < -0.39 is 5.97 Å². The van der Waals surface area contributed by atoms with Crippen molar-refractivity contribution in [3.05, 3.63) is 29.6 Å². The molecule has 0 atom stereocenters. The first kappa shape index (κ1) is 14.6. The fourth-order valence-corrected chi connectivity index (χ4v) is 2.47. The van der Waals surface area contributed by atoms with Crippen LogP contribution >= 0.6 is 0 Å². The molecule has 20 heavy (non-hydrogen) atoms. The minimum atomic E-state index is -0.926. The van der Waals surface area contributed by atoms with E-state index in [0.29, 0.717) is 5.52 Å². The summed E-state index contributed by atoms with van der Waals surface area (Å²) in [6.07, 6.45) is 0.954. The first-order chi connectivity index (χ1) is 9.29. The van der Waals surface area contributed by atoms with Crippen molar-refractivity contribution < 1.29 is 9.90 Å². The van der Waals surface area contributed by atoms with Crippen molar-refractivity contribution in [3.8, 4) is 0 Å². The van der Waals surface area contributed by atoms with E-state index in [4.69, 9.17) is 0 Å². The predicted octanol–water partition coefficient (Wildman–Crippen LogP) is 4.00. The molecule has 1 N–H and O–H groups in total. The van der Waals surface area contributed by atoms with Crippen LogP contribution in [0.25, 0.3) is 11.0 Å². The molecule has 0 spiro atoms. The van der Waals surface area contributed by atoms with Crippen LogP contribution in [0.4, 0.5) is 0 Å². The highest BCUT2D eigenvalue weighted by Gasteiger charge is 2.27. The maximum absolute atomic E-state index is 11.4. The van der Waals surface area contributed by atoms with Gasteiger partial charge in [-0.3, -0.25) is 0 Å². The van der Waals surface area contributed by atoms with E-state index in [0.717, 1.165) is 17.8 Å². The van der Waals surface area contributed by atoms with Gasteiger partial charge in [0.05, 0.1) is 11.1 Å². The van der Waals surface area contributed by atoms with Gasteiger partial charge in [-0.2, -0.15) is 0 Å². The van der Waals surface area contributed by atoms with Gasteiger partial charge in [-0.1, -0.05) is 26.8 Å². The Kier molecular flexibility index (Phi) is 3.59. The van der Waals surface area contributed by atoms with Crippen molar-refractivity contribution in [2.75, 3.05) is 0 Å². The maximum atomic E-state index is 11.4. The number of benzene rings is 1. The number of imidazole rings is 1. The van der Waals surface area contributed by atoms with Gasteiger partial charge in [0.1, 0.15) is 11.3 Å². The van der Waals surface area contributed by atoms with Crippen LogP contribution in [0.2, 0.25) is 0 Å². The summed E-state index contributed by atoms with van der Waals surface area (Å²) in [5.74, 6) is 0.264. The van der Waals surface area contributed by atoms with Gasteiger partial charge in [0.2, 0.25) is 0 Å². The Hall–Kier alpha value is -1.84. The van der Waals surface area contributed by atoms with E-state index in [1.165, 1.54) is 0 Å². The minimum Gasteiger partial charge on any atom is -0.478 e. The van der Waals surface area contributed by atoms with Crippen LogP contribution in [0.1, 0.15) is 63.1 Å². The van der Waals surface area contributed by atoms with Gasteiger partial charge in [0, 0.05) is 11.5 Å². The Morgan fingerprint density at radius 2 is 2.05 bits per heavy atom. The van der Waals surface area contributed by atoms with Crippen molar-refractivity contribution in [2.45, 2.75) is 52.5 Å². The molecule has 1 heterocycles. The van der Waals surface area contributed by atoms with Gasteiger partial charge in [0.25, 0.3) is 0 Å². The van der Waals surface area contributed by atoms with Crippen LogP contribution in [0, 0.1) is 0 Å². The van der Waals surface area contributed by atoms with Gasteiger partial charge in [0.15, 0.2) is 0 Å². The van der Waals surface area contributed by atoms with Crippen molar-refractivity contribution in [1.82, 2.24) is 9.55 Å². The SMILES string of the molecule is CCC(C)(C)n1c(C(C)C)nc2c(C(=O)O)cccc21. The summed E-state index contributed by atoms with van der Waals surface area (Å²) in [7, 11) is 0. The molecule has 0 unspecified atom stereocenters. The molecule has 0 bridgehead atoms. The predicted molar refractivity (Wildman–Crippen MR) is 80.4 cm³/mol. The average Bonchev–Trinajstić information content (AvgIpc) is 2.78. The molecule has 4 heteroatoms. The molecule has 0 saturated carbocycles. The second-order valence-corrected chi connectivity index (χ2v) is 6.10. The lowest BCUT2D eigenvalue weighted by Gasteiger charge is -2.29. The Bertz CT molecular complexity index is 654. The summed E-state index contributed by atoms with van der Waals surface area (Å²) < 4.78 is 2.19. The van der Waals surface area contributed by atoms with Crippen molar-refractivity contribution in [1.29, 1.82) is 0 Å². The smallest absolute Gasteiger partial charge is 0.337 e. The summed E-state index contributed by atoms with van der Waals surface area (Å²) in [6, 6.07) is 5.36. The number of nitrogens with zero attached hydrogens (tertiary/aromatic N) is 2. The zero-order chi connectivity index (χ0) is 15.1. The van der Waals surface area contributed by atoms with Gasteiger partial charge < -0.3 is 9.67 Å². The molecule has 1 aromatic heterocycles. The average molecular weight is 274 g/mol. The molecule has 0 aliphatic rings. The number of para-hydroxylation sites is 1. The largest absolute Gasteiger partial charge is 0.478 e. The van der Waals surface area contributed by atoms with Crippen LogP contribution in [-0.4, -0.2) is 20.6 Å². The molecule has 0 aliphatic heterocycles. The summed E-state index contributed by atoms with van der Waals surface area (Å²) in [4.78, 5) is 16.0. The first-order valence-electron chi connectivity index (χ1n) is 7.04. The van der Waals surface area contributed by atoms with E-state index in [-0.39, 0.29) is 17.0 Å². The Morgan fingerprint density at radius 3 is 2.55 bits per heavy atom. The summed E-state index contributed by atoms with van der Waals surface area (Å²) in [5, 5.41) is 9.33. The lowest BCUT2D eigenvalue weighted by Crippen LogP contribution is -2.27. The van der Waals surface area contributed by atoms with Crippen LogP contribution in [0.3, 0.4) is 0 Å². The van der Waals surface area contributed by atoms with Gasteiger partial charge in [-0.15, -0.1) is 0 Å². The Morgan fingerprint density at radius 1 is 1.40 bits per heavy atom. The van der Waals surface area contributed by atoms with Crippen LogP contribution in [-0.2, 0) is 5.54 Å². The number of hydrogen-bond donors (Lipinski definition) is 1. The third-order valence-corrected chi connectivity index (χ3v) is 3.93. The maximum Gasteiger partial charge on any atom is 0.337 e. The molecule has 0 saturated heterocycles. The molecule has 2 aromatic rings. The van der Waals surface area contributed by atoms with Gasteiger partial charge in [-0.25, -0.2) is 9.78 Å². The van der Waals surface area contributed by atoms with Crippen molar-refractivity contribution in [3.63, 3.8) is 0 Å². The van der Waals surface area contributed by atoms with Gasteiger partial charge >= 0.3 is 5.97 Å². The fourth-order valence-electron chi connectivity index (χ4n) is 2.47. The highest BCUT2D eigenvalue weighted by atomic mass is 16.4. The molecular weight excluding hydrogens is 252 g/mol. The number of fused-ring (bicyclic) bond motifs is 1. The third-order valence-electron chi connectivity index (χ3n) is 3.93. The van der Waals surface area contributed by atoms with Gasteiger partial charge in [-0.05, 0) is 32.4 Å². The number of carboxylic acids is 1. The standard InChI is InChI=1S/C16H22N2O2/c1-6-16(4,5)18-12-9-7-8-11(15(19)20)13(12)17-14(18)10(2)3/h7-10H,6H2,1-5H3,(H,19,20). The van der Waals surface area contributed by atoms with E-state index in [1.807, 2.05) is 6.07 Å². The Balaban J connectivity index is 2.88. The summed E-state index contributed by atoms with van der Waals surface area (Å²) in [5.41, 5.74) is 1.67. The van der Waals surface area contributed by atoms with Crippen molar-refractivity contribution >= 4 is 17.0 Å². The number of rotatable bonds is 4. The molecule has 108 valence electrons. The van der Waals surface area contributed by atoms with E-state index in [1.54, 1.807) is 12.1 Å². The highest BCUT2D eigenvalue weighted by Crippen LogP contribution is 2.32. The van der Waals surface area contributed by atoms with E-state index in [9.17, 15) is 9.90 Å². The molecule has 2 rings (SSSR count). The lowest BCUT2D eigenvalue weighted by atomic mass is 9.99. The first-order valence-corrected chi connectivity index (χ1v) is 7.04. The third kappa shape index (κ3) is 2.19. The monoisotopic (exact) mass is 274 g/mol. The zero-order valence-electron chi connectivity index (χ0n) is 12.8. The van der Waals surface area contributed by atoms with Crippen LogP contribution in [0.15, 0.2) is 18.2 Å². The Labute approximate surface area is 119 Å². The van der Waals surface area contributed by atoms with E-state index in [2.05, 4.69) is 44.2 Å². The number of carboxylic acid groups (broad SMARTS) is 1. The summed E-state index contributed by atoms with van der Waals surface area (Å²) >= 11 is 0. The number of aromatic nitrogens is 2. The lowest BCUT2D eigenvalue weighted by molar-refractivity contribution is 0.0699. The highest BCUT2D eigenvalue weighted by molar-refractivity contribution is 6.01. The summed E-state index contributed by atoms with van der Waals surface area (Å²) in [6.45, 7) is 10.6. The molecular formula is C16H22N2O2.